The van der Waals surface area contributed by atoms with Gasteiger partial charge in [0, 0.05) is 23.8 Å². The molecule has 1 aromatic heterocycles. The Kier molecular flexibility index (Phi) is 5.17. The lowest BCUT2D eigenvalue weighted by Gasteiger charge is -2.17. The van der Waals surface area contributed by atoms with E-state index in [1.54, 1.807) is 19.4 Å². The van der Waals surface area contributed by atoms with Crippen molar-refractivity contribution in [3.05, 3.63) is 41.0 Å². The molecule has 0 aliphatic heterocycles. The van der Waals surface area contributed by atoms with Crippen LogP contribution < -0.4 is 14.4 Å². The van der Waals surface area contributed by atoms with Crippen molar-refractivity contribution >= 4 is 21.9 Å². The molecule has 2 aromatic rings. The van der Waals surface area contributed by atoms with Crippen molar-refractivity contribution in [2.24, 2.45) is 0 Å². The number of aromatic nitrogens is 2. The van der Waals surface area contributed by atoms with Crippen molar-refractivity contribution in [2.45, 2.75) is 0 Å². The minimum absolute atomic E-state index is 0.552. The lowest BCUT2D eigenvalue weighted by molar-refractivity contribution is 0.325. The molecule has 0 radical (unpaired) electrons. The van der Waals surface area contributed by atoms with Gasteiger partial charge in [0.25, 0.3) is 0 Å². The summed E-state index contributed by atoms with van der Waals surface area (Å²) in [5.74, 6) is 2.01. The minimum atomic E-state index is 0.552. The Bertz CT molecular complexity index is 548. The zero-order valence-corrected chi connectivity index (χ0v) is 13.0. The van der Waals surface area contributed by atoms with E-state index in [-0.39, 0.29) is 0 Å². The van der Waals surface area contributed by atoms with Gasteiger partial charge < -0.3 is 14.4 Å². The van der Waals surface area contributed by atoms with E-state index in [0.29, 0.717) is 25.0 Å². The lowest BCUT2D eigenvalue weighted by Crippen LogP contribution is -2.25. The fourth-order valence-corrected chi connectivity index (χ4v) is 1.83. The number of likely N-dealkylation sites (N-methyl/N-ethyl adjacent to an activating group) is 1. The maximum atomic E-state index is 5.66. The van der Waals surface area contributed by atoms with Crippen LogP contribution in [0.5, 0.6) is 11.6 Å². The number of halogens is 1. The van der Waals surface area contributed by atoms with E-state index in [4.69, 9.17) is 9.47 Å². The largest absolute Gasteiger partial charge is 0.492 e. The molecule has 0 N–H and O–H groups in total. The van der Waals surface area contributed by atoms with E-state index in [1.807, 2.05) is 36.2 Å². The Labute approximate surface area is 126 Å². The molecule has 0 aliphatic carbocycles. The SMILES string of the molecule is COc1ccnc(N(C)CCOc2ccc(Br)cc2)n1. The van der Waals surface area contributed by atoms with E-state index >= 15 is 0 Å². The summed E-state index contributed by atoms with van der Waals surface area (Å²) in [4.78, 5) is 10.4. The quantitative estimate of drug-likeness (QED) is 0.811. The summed E-state index contributed by atoms with van der Waals surface area (Å²) in [5.41, 5.74) is 0. The molecule has 0 amide bonds. The molecule has 2 rings (SSSR count). The summed E-state index contributed by atoms with van der Waals surface area (Å²) in [5, 5.41) is 0. The predicted octanol–water partition coefficient (Wildman–Crippen LogP) is 2.76. The third-order valence-electron chi connectivity index (χ3n) is 2.68. The second kappa shape index (κ2) is 7.09. The lowest BCUT2D eigenvalue weighted by atomic mass is 10.3. The van der Waals surface area contributed by atoms with Crippen LogP contribution in [0.1, 0.15) is 0 Å². The van der Waals surface area contributed by atoms with Crippen LogP contribution in [0.15, 0.2) is 41.0 Å². The number of methoxy groups -OCH3 is 1. The molecule has 0 fully saturated rings. The Morgan fingerprint density at radius 2 is 1.95 bits per heavy atom. The Morgan fingerprint density at radius 3 is 2.65 bits per heavy atom. The first kappa shape index (κ1) is 14.6. The van der Waals surface area contributed by atoms with E-state index in [2.05, 4.69) is 25.9 Å². The molecule has 1 aromatic carbocycles. The molecule has 20 heavy (non-hydrogen) atoms. The van der Waals surface area contributed by atoms with Gasteiger partial charge >= 0.3 is 0 Å². The van der Waals surface area contributed by atoms with E-state index < -0.39 is 0 Å². The van der Waals surface area contributed by atoms with Gasteiger partial charge in [-0.05, 0) is 24.3 Å². The Morgan fingerprint density at radius 1 is 1.20 bits per heavy atom. The van der Waals surface area contributed by atoms with Gasteiger partial charge in [-0.2, -0.15) is 4.98 Å². The molecular weight excluding hydrogens is 322 g/mol. The molecule has 1 heterocycles. The molecule has 0 bridgehead atoms. The number of anilines is 1. The van der Waals surface area contributed by atoms with Crippen LogP contribution in [-0.4, -0.2) is 37.3 Å². The summed E-state index contributed by atoms with van der Waals surface area (Å²) in [6.45, 7) is 1.24. The number of hydrogen-bond acceptors (Lipinski definition) is 5. The summed E-state index contributed by atoms with van der Waals surface area (Å²) >= 11 is 3.39. The highest BCUT2D eigenvalue weighted by Gasteiger charge is 2.05. The third-order valence-corrected chi connectivity index (χ3v) is 3.21. The number of ether oxygens (including phenoxy) is 2. The van der Waals surface area contributed by atoms with Crippen LogP contribution in [0, 0.1) is 0 Å². The van der Waals surface area contributed by atoms with Gasteiger partial charge in [0.15, 0.2) is 0 Å². The summed E-state index contributed by atoms with van der Waals surface area (Å²) < 4.78 is 11.8. The molecule has 5 nitrogen and oxygen atoms in total. The van der Waals surface area contributed by atoms with Crippen molar-refractivity contribution in [3.8, 4) is 11.6 Å². The number of benzene rings is 1. The molecule has 0 spiro atoms. The number of hydrogen-bond donors (Lipinski definition) is 0. The van der Waals surface area contributed by atoms with Crippen molar-refractivity contribution in [2.75, 3.05) is 32.2 Å². The van der Waals surface area contributed by atoms with Gasteiger partial charge in [0.1, 0.15) is 12.4 Å². The molecule has 0 saturated carbocycles. The zero-order chi connectivity index (χ0) is 14.4. The van der Waals surface area contributed by atoms with Crippen molar-refractivity contribution in [3.63, 3.8) is 0 Å². The standard InChI is InChI=1S/C14H16BrN3O2/c1-18(14-16-8-7-13(17-14)19-2)9-10-20-12-5-3-11(15)4-6-12/h3-8H,9-10H2,1-2H3. The highest BCUT2D eigenvalue weighted by atomic mass is 79.9. The van der Waals surface area contributed by atoms with Gasteiger partial charge in [0.2, 0.25) is 11.8 Å². The van der Waals surface area contributed by atoms with Crippen LogP contribution in [0.25, 0.3) is 0 Å². The first-order valence-corrected chi connectivity index (χ1v) is 6.95. The molecule has 106 valence electrons. The monoisotopic (exact) mass is 337 g/mol. The molecule has 0 aliphatic rings. The smallest absolute Gasteiger partial charge is 0.228 e. The average molecular weight is 338 g/mol. The third kappa shape index (κ3) is 4.09. The highest BCUT2D eigenvalue weighted by molar-refractivity contribution is 9.10. The van der Waals surface area contributed by atoms with Gasteiger partial charge in [-0.15, -0.1) is 0 Å². The number of nitrogens with zero attached hydrogens (tertiary/aromatic N) is 3. The van der Waals surface area contributed by atoms with E-state index in [0.717, 1.165) is 10.2 Å². The fourth-order valence-electron chi connectivity index (χ4n) is 1.56. The highest BCUT2D eigenvalue weighted by Crippen LogP contribution is 2.16. The molecule has 6 heteroatoms. The van der Waals surface area contributed by atoms with Gasteiger partial charge in [-0.1, -0.05) is 15.9 Å². The molecule has 0 unspecified atom stereocenters. The summed E-state index contributed by atoms with van der Waals surface area (Å²) in [6.07, 6.45) is 1.67. The molecular formula is C14H16BrN3O2. The van der Waals surface area contributed by atoms with Gasteiger partial charge in [-0.3, -0.25) is 0 Å². The maximum Gasteiger partial charge on any atom is 0.228 e. The van der Waals surface area contributed by atoms with Crippen LogP contribution in [0.3, 0.4) is 0 Å². The second-order valence-corrected chi connectivity index (χ2v) is 5.04. The minimum Gasteiger partial charge on any atom is -0.492 e. The number of rotatable bonds is 6. The Balaban J connectivity index is 1.85. The molecule has 0 atom stereocenters. The van der Waals surface area contributed by atoms with Crippen molar-refractivity contribution in [1.29, 1.82) is 0 Å². The van der Waals surface area contributed by atoms with Crippen LogP contribution in [0.4, 0.5) is 5.95 Å². The van der Waals surface area contributed by atoms with Crippen molar-refractivity contribution < 1.29 is 9.47 Å². The van der Waals surface area contributed by atoms with Crippen LogP contribution in [-0.2, 0) is 0 Å². The van der Waals surface area contributed by atoms with Crippen molar-refractivity contribution in [1.82, 2.24) is 9.97 Å². The normalized spacial score (nSPS) is 10.2. The maximum absolute atomic E-state index is 5.66. The van der Waals surface area contributed by atoms with Gasteiger partial charge in [0.05, 0.1) is 13.7 Å². The predicted molar refractivity (Wildman–Crippen MR) is 81.5 cm³/mol. The van der Waals surface area contributed by atoms with Crippen LogP contribution >= 0.6 is 15.9 Å². The Hall–Kier alpha value is -1.82. The first-order chi connectivity index (χ1) is 9.69. The average Bonchev–Trinajstić information content (AvgIpc) is 2.49. The topological polar surface area (TPSA) is 47.5 Å². The van der Waals surface area contributed by atoms with Crippen LogP contribution in [0.2, 0.25) is 0 Å². The summed E-state index contributed by atoms with van der Waals surface area (Å²) in [7, 11) is 3.50. The van der Waals surface area contributed by atoms with Gasteiger partial charge in [-0.25, -0.2) is 4.98 Å². The van der Waals surface area contributed by atoms with E-state index in [9.17, 15) is 0 Å². The second-order valence-electron chi connectivity index (χ2n) is 4.12. The summed E-state index contributed by atoms with van der Waals surface area (Å²) in [6, 6.07) is 9.46. The zero-order valence-electron chi connectivity index (χ0n) is 11.4. The molecule has 0 saturated heterocycles. The first-order valence-electron chi connectivity index (χ1n) is 6.15. The fraction of sp³-hybridized carbons (Fsp3) is 0.286. The van der Waals surface area contributed by atoms with E-state index in [1.165, 1.54) is 0 Å².